The van der Waals surface area contributed by atoms with Gasteiger partial charge in [0.15, 0.2) is 0 Å². The quantitative estimate of drug-likeness (QED) is 0.618. The number of carbonyl (C=O) groups excluding carboxylic acids is 2. The maximum Gasteiger partial charge on any atom is 0.291 e. The zero-order valence-electron chi connectivity index (χ0n) is 9.28. The van der Waals surface area contributed by atoms with Crippen molar-refractivity contribution in [3.05, 3.63) is 11.6 Å². The van der Waals surface area contributed by atoms with Crippen LogP contribution in [-0.2, 0) is 11.2 Å². The summed E-state index contributed by atoms with van der Waals surface area (Å²) in [5, 5.41) is 8.97. The molecule has 0 radical (unpaired) electrons. The lowest BCUT2D eigenvalue weighted by molar-refractivity contribution is -0.118. The molecule has 1 aromatic rings. The van der Waals surface area contributed by atoms with E-state index in [0.717, 1.165) is 0 Å². The van der Waals surface area contributed by atoms with Crippen LogP contribution in [0, 0.1) is 0 Å². The third kappa shape index (κ3) is 3.34. The van der Waals surface area contributed by atoms with Gasteiger partial charge in [0.2, 0.25) is 11.7 Å². The number of hydrogen-bond acceptors (Lipinski definition) is 4. The van der Waals surface area contributed by atoms with Crippen molar-refractivity contribution in [2.75, 3.05) is 0 Å². The highest BCUT2D eigenvalue weighted by Crippen LogP contribution is 1.96. The van der Waals surface area contributed by atoms with Gasteiger partial charge in [-0.3, -0.25) is 14.7 Å². The molecule has 1 atom stereocenters. The molecule has 0 spiro atoms. The maximum atomic E-state index is 11.6. The van der Waals surface area contributed by atoms with Gasteiger partial charge in [-0.15, -0.1) is 5.10 Å². The minimum absolute atomic E-state index is 0.0770. The number of nitrogens with zero attached hydrogens (tertiary/aromatic N) is 2. The molecule has 1 aromatic heterocycles. The number of nitrogens with two attached hydrogens (primary N) is 1. The highest BCUT2D eigenvalue weighted by molar-refractivity contribution is 5.90. The second-order valence-corrected chi connectivity index (χ2v) is 3.50. The van der Waals surface area contributed by atoms with E-state index < -0.39 is 11.8 Å². The van der Waals surface area contributed by atoms with E-state index >= 15 is 0 Å². The van der Waals surface area contributed by atoms with Gasteiger partial charge in [0, 0.05) is 18.9 Å². The molecule has 0 fully saturated rings. The van der Waals surface area contributed by atoms with E-state index in [2.05, 4.69) is 20.5 Å². The van der Waals surface area contributed by atoms with Gasteiger partial charge in [-0.1, -0.05) is 6.92 Å². The molecule has 0 aliphatic carbocycles. The van der Waals surface area contributed by atoms with Gasteiger partial charge in [0.25, 0.3) is 5.91 Å². The van der Waals surface area contributed by atoms with Crippen LogP contribution in [0.1, 0.15) is 36.7 Å². The minimum Gasteiger partial charge on any atom is -0.370 e. The second kappa shape index (κ2) is 5.24. The van der Waals surface area contributed by atoms with Crippen molar-refractivity contribution in [2.45, 2.75) is 32.7 Å². The Labute approximate surface area is 92.8 Å². The highest BCUT2D eigenvalue weighted by Gasteiger charge is 2.15. The first-order valence-electron chi connectivity index (χ1n) is 5.03. The highest BCUT2D eigenvalue weighted by atomic mass is 16.2. The molecule has 1 heterocycles. The number of aromatic nitrogens is 3. The van der Waals surface area contributed by atoms with Crippen molar-refractivity contribution in [2.24, 2.45) is 5.73 Å². The van der Waals surface area contributed by atoms with E-state index in [1.807, 2.05) is 6.92 Å². The van der Waals surface area contributed by atoms with Crippen LogP contribution in [0.25, 0.3) is 0 Å². The van der Waals surface area contributed by atoms with Crippen LogP contribution in [0.4, 0.5) is 0 Å². The summed E-state index contributed by atoms with van der Waals surface area (Å²) in [4.78, 5) is 26.1. The summed E-state index contributed by atoms with van der Waals surface area (Å²) in [6.07, 6.45) is 0.772. The molecule has 7 heteroatoms. The van der Waals surface area contributed by atoms with E-state index in [1.54, 1.807) is 6.92 Å². The van der Waals surface area contributed by atoms with Crippen LogP contribution in [-0.4, -0.2) is 33.0 Å². The lowest BCUT2D eigenvalue weighted by Gasteiger charge is -2.09. The first kappa shape index (κ1) is 12.2. The van der Waals surface area contributed by atoms with Crippen LogP contribution >= 0.6 is 0 Å². The number of aryl methyl sites for hydroxylation is 1. The summed E-state index contributed by atoms with van der Waals surface area (Å²) in [5.74, 6) is -0.150. The molecule has 0 aliphatic heterocycles. The Morgan fingerprint density at radius 2 is 2.25 bits per heavy atom. The number of carbonyl (C=O) groups is 2. The molecule has 0 aromatic carbocycles. The number of aromatic amines is 1. The second-order valence-electron chi connectivity index (χ2n) is 3.50. The van der Waals surface area contributed by atoms with E-state index in [-0.39, 0.29) is 18.3 Å². The zero-order valence-corrected chi connectivity index (χ0v) is 9.28. The third-order valence-corrected chi connectivity index (χ3v) is 1.95. The van der Waals surface area contributed by atoms with Gasteiger partial charge in [-0.05, 0) is 6.92 Å². The summed E-state index contributed by atoms with van der Waals surface area (Å²) in [6, 6.07) is -0.325. The van der Waals surface area contributed by atoms with Crippen LogP contribution in [0.2, 0.25) is 0 Å². The normalized spacial score (nSPS) is 12.1. The Bertz CT molecular complexity index is 387. The monoisotopic (exact) mass is 225 g/mol. The summed E-state index contributed by atoms with van der Waals surface area (Å²) in [5.41, 5.74) is 5.01. The van der Waals surface area contributed by atoms with Crippen molar-refractivity contribution in [1.29, 1.82) is 0 Å². The molecule has 88 valence electrons. The lowest BCUT2D eigenvalue weighted by atomic mass is 10.2. The third-order valence-electron chi connectivity index (χ3n) is 1.95. The van der Waals surface area contributed by atoms with E-state index in [9.17, 15) is 9.59 Å². The molecule has 4 N–H and O–H groups in total. The molecule has 7 nitrogen and oxygen atoms in total. The fourth-order valence-electron chi connectivity index (χ4n) is 1.20. The summed E-state index contributed by atoms with van der Waals surface area (Å²) < 4.78 is 0. The van der Waals surface area contributed by atoms with Gasteiger partial charge in [0.05, 0.1) is 0 Å². The largest absolute Gasteiger partial charge is 0.370 e. The van der Waals surface area contributed by atoms with Crippen LogP contribution in [0.3, 0.4) is 0 Å². The smallest absolute Gasteiger partial charge is 0.291 e. The van der Waals surface area contributed by atoms with Gasteiger partial charge < -0.3 is 11.1 Å². The Morgan fingerprint density at radius 1 is 1.56 bits per heavy atom. The van der Waals surface area contributed by atoms with E-state index in [1.165, 1.54) is 0 Å². The van der Waals surface area contributed by atoms with Gasteiger partial charge >= 0.3 is 0 Å². The Hall–Kier alpha value is -1.92. The summed E-state index contributed by atoms with van der Waals surface area (Å²) in [6.45, 7) is 3.59. The lowest BCUT2D eigenvalue weighted by Crippen LogP contribution is -2.36. The SMILES string of the molecule is CCc1nc(C(=O)NC(C)CC(N)=O)n[nH]1. The molecule has 0 saturated carbocycles. The average Bonchev–Trinajstić information content (AvgIpc) is 2.64. The van der Waals surface area contributed by atoms with E-state index in [4.69, 9.17) is 5.73 Å². The van der Waals surface area contributed by atoms with Crippen molar-refractivity contribution in [1.82, 2.24) is 20.5 Å². The van der Waals surface area contributed by atoms with E-state index in [0.29, 0.717) is 12.2 Å². The Morgan fingerprint density at radius 3 is 2.75 bits per heavy atom. The Balaban J connectivity index is 2.54. The average molecular weight is 225 g/mol. The Kier molecular flexibility index (Phi) is 3.98. The number of hydrogen-bond donors (Lipinski definition) is 3. The van der Waals surface area contributed by atoms with Gasteiger partial charge in [-0.2, -0.15) is 0 Å². The fraction of sp³-hybridized carbons (Fsp3) is 0.556. The summed E-state index contributed by atoms with van der Waals surface area (Å²) in [7, 11) is 0. The number of amides is 2. The topological polar surface area (TPSA) is 114 Å². The minimum atomic E-state index is -0.461. The molecular weight excluding hydrogens is 210 g/mol. The molecule has 0 bridgehead atoms. The molecular formula is C9H15N5O2. The molecule has 16 heavy (non-hydrogen) atoms. The fourth-order valence-corrected chi connectivity index (χ4v) is 1.20. The maximum absolute atomic E-state index is 11.6. The van der Waals surface area contributed by atoms with Crippen molar-refractivity contribution in [3.8, 4) is 0 Å². The van der Waals surface area contributed by atoms with Crippen LogP contribution in [0.15, 0.2) is 0 Å². The standard InChI is InChI=1S/C9H15N5O2/c1-3-7-12-8(14-13-7)9(16)11-5(2)4-6(10)15/h5H,3-4H2,1-2H3,(H2,10,15)(H,11,16)(H,12,13,14). The van der Waals surface area contributed by atoms with Crippen molar-refractivity contribution >= 4 is 11.8 Å². The zero-order chi connectivity index (χ0) is 12.1. The van der Waals surface area contributed by atoms with Gasteiger partial charge in [0.1, 0.15) is 5.82 Å². The number of H-pyrrole nitrogens is 1. The van der Waals surface area contributed by atoms with Crippen molar-refractivity contribution in [3.63, 3.8) is 0 Å². The molecule has 1 unspecified atom stereocenters. The van der Waals surface area contributed by atoms with Gasteiger partial charge in [-0.25, -0.2) is 4.98 Å². The van der Waals surface area contributed by atoms with Crippen LogP contribution in [0.5, 0.6) is 0 Å². The summed E-state index contributed by atoms with van der Waals surface area (Å²) >= 11 is 0. The molecule has 2 amide bonds. The van der Waals surface area contributed by atoms with Crippen LogP contribution < -0.4 is 11.1 Å². The van der Waals surface area contributed by atoms with Crippen molar-refractivity contribution < 1.29 is 9.59 Å². The number of primary amides is 1. The molecule has 1 rings (SSSR count). The molecule has 0 aliphatic rings. The number of nitrogens with one attached hydrogen (secondary N) is 2. The first-order valence-corrected chi connectivity index (χ1v) is 5.03. The molecule has 0 saturated heterocycles. The first-order chi connectivity index (χ1) is 7.52. The predicted molar refractivity (Wildman–Crippen MR) is 56.5 cm³/mol. The number of rotatable bonds is 5. The predicted octanol–water partition coefficient (Wildman–Crippen LogP) is -0.639.